The minimum Gasteiger partial charge on any atom is -0.505 e. The van der Waals surface area contributed by atoms with Crippen LogP contribution in [0.4, 0.5) is 5.69 Å². The van der Waals surface area contributed by atoms with Crippen molar-refractivity contribution in [3.63, 3.8) is 0 Å². The highest BCUT2D eigenvalue weighted by Gasteiger charge is 2.11. The number of non-ortho nitro benzene ring substituents is 1. The predicted octanol–water partition coefficient (Wildman–Crippen LogP) is 2.40. The number of rotatable bonds is 2. The molecule has 0 aliphatic rings. The van der Waals surface area contributed by atoms with Crippen molar-refractivity contribution in [3.8, 4) is 11.4 Å². The number of phenolic OH excluding ortho intramolecular Hbond substituents is 1. The van der Waals surface area contributed by atoms with Crippen molar-refractivity contribution in [1.82, 2.24) is 4.57 Å². The molecular formula is C11H10N2O3. The molecule has 2 rings (SSSR count). The van der Waals surface area contributed by atoms with Gasteiger partial charge in [0.05, 0.1) is 16.7 Å². The lowest BCUT2D eigenvalue weighted by molar-refractivity contribution is -0.384. The molecule has 5 nitrogen and oxygen atoms in total. The van der Waals surface area contributed by atoms with Crippen LogP contribution in [0.25, 0.3) is 5.69 Å². The fraction of sp³-hybridized carbons (Fsp3) is 0.0909. The van der Waals surface area contributed by atoms with Gasteiger partial charge in [0.1, 0.15) is 5.75 Å². The summed E-state index contributed by atoms with van der Waals surface area (Å²) in [6, 6.07) is 7.78. The molecule has 82 valence electrons. The predicted molar refractivity (Wildman–Crippen MR) is 58.8 cm³/mol. The molecule has 0 aliphatic carbocycles. The molecule has 0 unspecified atom stereocenters. The second-order valence-corrected chi connectivity index (χ2v) is 3.45. The lowest BCUT2D eigenvalue weighted by Gasteiger charge is -2.07. The van der Waals surface area contributed by atoms with Crippen LogP contribution in [-0.2, 0) is 0 Å². The van der Waals surface area contributed by atoms with Crippen molar-refractivity contribution in [2.45, 2.75) is 6.92 Å². The van der Waals surface area contributed by atoms with Gasteiger partial charge >= 0.3 is 0 Å². The number of benzene rings is 1. The number of hydrogen-bond donors (Lipinski definition) is 1. The van der Waals surface area contributed by atoms with Gasteiger partial charge in [0.25, 0.3) is 5.69 Å². The normalized spacial score (nSPS) is 10.3. The van der Waals surface area contributed by atoms with Crippen molar-refractivity contribution in [2.75, 3.05) is 0 Å². The van der Waals surface area contributed by atoms with E-state index in [2.05, 4.69) is 0 Å². The Morgan fingerprint density at radius 2 is 2.12 bits per heavy atom. The Hall–Kier alpha value is -2.30. The molecule has 0 spiro atoms. The molecule has 0 radical (unpaired) electrons. The minimum atomic E-state index is -0.536. The number of aromatic hydroxyl groups is 1. The third kappa shape index (κ3) is 1.63. The van der Waals surface area contributed by atoms with Gasteiger partial charge in [-0.25, -0.2) is 0 Å². The van der Waals surface area contributed by atoms with Crippen molar-refractivity contribution in [2.24, 2.45) is 0 Å². The molecule has 1 heterocycles. The molecule has 0 saturated heterocycles. The molecule has 0 atom stereocenters. The van der Waals surface area contributed by atoms with Crippen LogP contribution in [0.5, 0.6) is 5.75 Å². The van der Waals surface area contributed by atoms with Crippen LogP contribution in [0.2, 0.25) is 0 Å². The summed E-state index contributed by atoms with van der Waals surface area (Å²) in [4.78, 5) is 9.97. The SMILES string of the molecule is Cc1cccn1-c1ccc([N+](=O)[O-])cc1O. The quantitative estimate of drug-likeness (QED) is 0.621. The van der Waals surface area contributed by atoms with E-state index in [9.17, 15) is 15.2 Å². The molecule has 1 N–H and O–H groups in total. The zero-order valence-corrected chi connectivity index (χ0v) is 8.62. The lowest BCUT2D eigenvalue weighted by atomic mass is 10.2. The molecule has 1 aromatic heterocycles. The maximum absolute atomic E-state index is 10.5. The van der Waals surface area contributed by atoms with Crippen LogP contribution in [0.3, 0.4) is 0 Å². The summed E-state index contributed by atoms with van der Waals surface area (Å²) in [5.41, 5.74) is 1.36. The number of nitrogens with zero attached hydrogens (tertiary/aromatic N) is 2. The Kier molecular flexibility index (Phi) is 2.36. The molecule has 0 bridgehead atoms. The van der Waals surface area contributed by atoms with Gasteiger partial charge in [-0.05, 0) is 25.1 Å². The van der Waals surface area contributed by atoms with E-state index in [0.717, 1.165) is 11.8 Å². The van der Waals surface area contributed by atoms with Crippen molar-refractivity contribution >= 4 is 5.69 Å². The van der Waals surface area contributed by atoms with Crippen molar-refractivity contribution in [3.05, 3.63) is 52.3 Å². The van der Waals surface area contributed by atoms with E-state index in [0.29, 0.717) is 5.69 Å². The van der Waals surface area contributed by atoms with Crippen LogP contribution >= 0.6 is 0 Å². The van der Waals surface area contributed by atoms with E-state index in [1.807, 2.05) is 19.1 Å². The second kappa shape index (κ2) is 3.69. The van der Waals surface area contributed by atoms with E-state index >= 15 is 0 Å². The first kappa shape index (κ1) is 10.2. The fourth-order valence-electron chi connectivity index (χ4n) is 1.57. The van der Waals surface area contributed by atoms with E-state index in [1.165, 1.54) is 12.1 Å². The maximum atomic E-state index is 10.5. The van der Waals surface area contributed by atoms with Gasteiger partial charge in [0, 0.05) is 18.0 Å². The minimum absolute atomic E-state index is 0.103. The topological polar surface area (TPSA) is 68.3 Å². The summed E-state index contributed by atoms with van der Waals surface area (Å²) < 4.78 is 1.76. The van der Waals surface area contributed by atoms with Crippen LogP contribution in [0, 0.1) is 17.0 Å². The summed E-state index contributed by atoms with van der Waals surface area (Å²) in [6.07, 6.45) is 1.79. The van der Waals surface area contributed by atoms with E-state index < -0.39 is 4.92 Å². The molecule has 16 heavy (non-hydrogen) atoms. The van der Waals surface area contributed by atoms with E-state index in [4.69, 9.17) is 0 Å². The van der Waals surface area contributed by atoms with Crippen LogP contribution in [0.15, 0.2) is 36.5 Å². The first-order valence-corrected chi connectivity index (χ1v) is 4.71. The number of hydrogen-bond acceptors (Lipinski definition) is 3. The molecule has 0 aliphatic heterocycles. The Balaban J connectivity index is 2.52. The monoisotopic (exact) mass is 218 g/mol. The van der Waals surface area contributed by atoms with Gasteiger partial charge in [-0.15, -0.1) is 0 Å². The lowest BCUT2D eigenvalue weighted by Crippen LogP contribution is -1.96. The highest BCUT2D eigenvalue weighted by atomic mass is 16.6. The fourth-order valence-corrected chi connectivity index (χ4v) is 1.57. The van der Waals surface area contributed by atoms with Crippen LogP contribution in [0.1, 0.15) is 5.69 Å². The summed E-state index contributed by atoms with van der Waals surface area (Å²) in [7, 11) is 0. The Morgan fingerprint density at radius 3 is 2.62 bits per heavy atom. The molecule has 0 amide bonds. The molecule has 1 aromatic carbocycles. The van der Waals surface area contributed by atoms with Crippen molar-refractivity contribution in [1.29, 1.82) is 0 Å². The zero-order valence-electron chi connectivity index (χ0n) is 8.62. The molecule has 0 fully saturated rings. The average Bonchev–Trinajstić information content (AvgIpc) is 2.64. The number of nitro groups is 1. The standard InChI is InChI=1S/C11H10N2O3/c1-8-3-2-6-12(8)10-5-4-9(13(15)16)7-11(10)14/h2-7,14H,1H3. The van der Waals surface area contributed by atoms with Crippen LogP contribution in [-0.4, -0.2) is 14.6 Å². The number of nitro benzene ring substituents is 1. The first-order chi connectivity index (χ1) is 7.59. The zero-order chi connectivity index (χ0) is 11.7. The Morgan fingerprint density at radius 1 is 1.38 bits per heavy atom. The summed E-state index contributed by atoms with van der Waals surface area (Å²) >= 11 is 0. The van der Waals surface area contributed by atoms with Gasteiger partial charge < -0.3 is 9.67 Å². The third-order valence-corrected chi connectivity index (χ3v) is 2.38. The molecular weight excluding hydrogens is 208 g/mol. The maximum Gasteiger partial charge on any atom is 0.273 e. The van der Waals surface area contributed by atoms with E-state index in [-0.39, 0.29) is 11.4 Å². The largest absolute Gasteiger partial charge is 0.505 e. The van der Waals surface area contributed by atoms with E-state index in [1.54, 1.807) is 10.8 Å². The average molecular weight is 218 g/mol. The highest BCUT2D eigenvalue weighted by molar-refractivity contribution is 5.53. The Labute approximate surface area is 91.7 Å². The number of aromatic nitrogens is 1. The second-order valence-electron chi connectivity index (χ2n) is 3.45. The molecule has 2 aromatic rings. The molecule has 5 heteroatoms. The van der Waals surface area contributed by atoms with Crippen molar-refractivity contribution < 1.29 is 10.0 Å². The van der Waals surface area contributed by atoms with Gasteiger partial charge in [0.15, 0.2) is 0 Å². The number of aryl methyl sites for hydroxylation is 1. The molecule has 0 saturated carbocycles. The highest BCUT2D eigenvalue weighted by Crippen LogP contribution is 2.27. The summed E-state index contributed by atoms with van der Waals surface area (Å²) in [6.45, 7) is 1.89. The number of phenols is 1. The third-order valence-electron chi connectivity index (χ3n) is 2.38. The summed E-state index contributed by atoms with van der Waals surface area (Å²) in [5, 5.41) is 20.2. The van der Waals surface area contributed by atoms with Gasteiger partial charge in [0.2, 0.25) is 0 Å². The first-order valence-electron chi connectivity index (χ1n) is 4.71. The van der Waals surface area contributed by atoms with Gasteiger partial charge in [-0.1, -0.05) is 0 Å². The van der Waals surface area contributed by atoms with Crippen LogP contribution < -0.4 is 0 Å². The Bertz CT molecular complexity index is 546. The smallest absolute Gasteiger partial charge is 0.273 e. The van der Waals surface area contributed by atoms with Gasteiger partial charge in [-0.2, -0.15) is 0 Å². The summed E-state index contributed by atoms with van der Waals surface area (Å²) in [5.74, 6) is -0.103. The van der Waals surface area contributed by atoms with Gasteiger partial charge in [-0.3, -0.25) is 10.1 Å².